The van der Waals surface area contributed by atoms with Crippen molar-refractivity contribution in [1.29, 1.82) is 0 Å². The molecule has 0 aromatic carbocycles. The molecule has 4 atom stereocenters. The lowest BCUT2D eigenvalue weighted by molar-refractivity contribution is -0.119. The maximum atomic E-state index is 11.4. The van der Waals surface area contributed by atoms with Gasteiger partial charge in [-0.3, -0.25) is 0 Å². The molecule has 2 aliphatic rings. The van der Waals surface area contributed by atoms with E-state index >= 15 is 0 Å². The molecule has 84 valence electrons. The zero-order chi connectivity index (χ0) is 11.1. The van der Waals surface area contributed by atoms with Gasteiger partial charge in [0.2, 0.25) is 0 Å². The van der Waals surface area contributed by atoms with Crippen LogP contribution in [0.3, 0.4) is 0 Å². The van der Waals surface area contributed by atoms with E-state index in [1.165, 1.54) is 32.0 Å². The predicted molar refractivity (Wildman–Crippen MR) is 62.5 cm³/mol. The summed E-state index contributed by atoms with van der Waals surface area (Å²) >= 11 is 0. The highest BCUT2D eigenvalue weighted by atomic mass is 16.1. The Labute approximate surface area is 92.9 Å². The van der Waals surface area contributed by atoms with Gasteiger partial charge in [0.25, 0.3) is 0 Å². The number of carbonyl (C=O) groups is 1. The fraction of sp³-hybridized carbons (Fsp3) is 0.786. The molecule has 2 rings (SSSR count). The average Bonchev–Trinajstić information content (AvgIpc) is 2.77. The first-order valence-electron chi connectivity index (χ1n) is 6.16. The minimum absolute atomic E-state index is 0.133. The summed E-state index contributed by atoms with van der Waals surface area (Å²) < 4.78 is 0. The van der Waals surface area contributed by atoms with Crippen molar-refractivity contribution in [3.05, 3.63) is 12.2 Å². The summed E-state index contributed by atoms with van der Waals surface area (Å²) in [5, 5.41) is 0. The van der Waals surface area contributed by atoms with Gasteiger partial charge in [0.1, 0.15) is 6.29 Å². The van der Waals surface area contributed by atoms with Gasteiger partial charge in [-0.05, 0) is 50.4 Å². The van der Waals surface area contributed by atoms with Crippen molar-refractivity contribution in [2.75, 3.05) is 0 Å². The van der Waals surface area contributed by atoms with E-state index in [4.69, 9.17) is 0 Å². The Morgan fingerprint density at radius 1 is 1.47 bits per heavy atom. The highest BCUT2D eigenvalue weighted by Crippen LogP contribution is 2.55. The lowest BCUT2D eigenvalue weighted by atomic mass is 9.67. The quantitative estimate of drug-likeness (QED) is 0.507. The SMILES string of the molecule is C=C(C)CC(C)(C=O)C1CC2CCC1C2. The molecule has 1 heteroatoms. The van der Waals surface area contributed by atoms with Crippen LogP contribution in [0.4, 0.5) is 0 Å². The van der Waals surface area contributed by atoms with Gasteiger partial charge in [-0.25, -0.2) is 0 Å². The van der Waals surface area contributed by atoms with Crippen molar-refractivity contribution < 1.29 is 4.79 Å². The van der Waals surface area contributed by atoms with Gasteiger partial charge >= 0.3 is 0 Å². The number of aldehydes is 1. The maximum absolute atomic E-state index is 11.4. The number of rotatable bonds is 4. The molecule has 0 saturated heterocycles. The Bertz CT molecular complexity index is 281. The van der Waals surface area contributed by atoms with Gasteiger partial charge in [0, 0.05) is 5.41 Å². The van der Waals surface area contributed by atoms with Crippen molar-refractivity contribution in [2.24, 2.45) is 23.2 Å². The average molecular weight is 206 g/mol. The van der Waals surface area contributed by atoms with Gasteiger partial charge in [-0.2, -0.15) is 0 Å². The summed E-state index contributed by atoms with van der Waals surface area (Å²) in [4.78, 5) is 11.4. The minimum atomic E-state index is -0.133. The predicted octanol–water partition coefficient (Wildman–Crippen LogP) is 3.59. The van der Waals surface area contributed by atoms with E-state index in [-0.39, 0.29) is 5.41 Å². The van der Waals surface area contributed by atoms with E-state index in [2.05, 4.69) is 13.5 Å². The van der Waals surface area contributed by atoms with Gasteiger partial charge in [-0.15, -0.1) is 6.58 Å². The fourth-order valence-corrected chi connectivity index (χ4v) is 3.96. The topological polar surface area (TPSA) is 17.1 Å². The second-order valence-corrected chi connectivity index (χ2v) is 6.04. The van der Waals surface area contributed by atoms with Crippen LogP contribution in [0.1, 0.15) is 46.0 Å². The summed E-state index contributed by atoms with van der Waals surface area (Å²) in [5.41, 5.74) is 1.01. The second kappa shape index (κ2) is 3.77. The standard InChI is InChI=1S/C14H22O/c1-10(2)8-14(3,9-15)13-7-11-4-5-12(13)6-11/h9,11-13H,1,4-8H2,2-3H3. The zero-order valence-electron chi connectivity index (χ0n) is 9.96. The van der Waals surface area contributed by atoms with Crippen LogP contribution < -0.4 is 0 Å². The van der Waals surface area contributed by atoms with Crippen molar-refractivity contribution in [2.45, 2.75) is 46.0 Å². The van der Waals surface area contributed by atoms with Crippen LogP contribution in [0.5, 0.6) is 0 Å². The first-order valence-corrected chi connectivity index (χ1v) is 6.16. The maximum Gasteiger partial charge on any atom is 0.126 e. The summed E-state index contributed by atoms with van der Waals surface area (Å²) in [7, 11) is 0. The van der Waals surface area contributed by atoms with Crippen LogP contribution in [0.25, 0.3) is 0 Å². The van der Waals surface area contributed by atoms with E-state index < -0.39 is 0 Å². The number of hydrogen-bond donors (Lipinski definition) is 0. The van der Waals surface area contributed by atoms with Gasteiger partial charge < -0.3 is 4.79 Å². The number of allylic oxidation sites excluding steroid dienone is 1. The molecule has 4 unspecified atom stereocenters. The lowest BCUT2D eigenvalue weighted by Gasteiger charge is -2.36. The zero-order valence-corrected chi connectivity index (χ0v) is 9.96. The molecular formula is C14H22O. The van der Waals surface area contributed by atoms with E-state index in [1.807, 2.05) is 6.92 Å². The third-order valence-corrected chi connectivity index (χ3v) is 4.54. The molecule has 0 aliphatic heterocycles. The highest BCUT2D eigenvalue weighted by Gasteiger charge is 2.48. The van der Waals surface area contributed by atoms with E-state index in [9.17, 15) is 4.79 Å². The van der Waals surface area contributed by atoms with E-state index in [0.717, 1.165) is 23.8 Å². The number of carbonyl (C=O) groups excluding carboxylic acids is 1. The van der Waals surface area contributed by atoms with Crippen molar-refractivity contribution >= 4 is 6.29 Å². The Balaban J connectivity index is 2.12. The molecule has 15 heavy (non-hydrogen) atoms. The third-order valence-electron chi connectivity index (χ3n) is 4.54. The van der Waals surface area contributed by atoms with Crippen LogP contribution >= 0.6 is 0 Å². The van der Waals surface area contributed by atoms with E-state index in [1.54, 1.807) is 0 Å². The number of hydrogen-bond acceptors (Lipinski definition) is 1. The third kappa shape index (κ3) is 1.89. The van der Waals surface area contributed by atoms with Crippen LogP contribution in [0, 0.1) is 23.2 Å². The summed E-state index contributed by atoms with van der Waals surface area (Å²) in [6.07, 6.45) is 7.51. The summed E-state index contributed by atoms with van der Waals surface area (Å²) in [5.74, 6) is 2.37. The molecule has 0 aromatic heterocycles. The van der Waals surface area contributed by atoms with Gasteiger partial charge in [0.15, 0.2) is 0 Å². The van der Waals surface area contributed by atoms with Crippen LogP contribution in [0.2, 0.25) is 0 Å². The van der Waals surface area contributed by atoms with Crippen molar-refractivity contribution in [1.82, 2.24) is 0 Å². The van der Waals surface area contributed by atoms with Crippen LogP contribution in [-0.2, 0) is 4.79 Å². The van der Waals surface area contributed by atoms with Crippen LogP contribution in [-0.4, -0.2) is 6.29 Å². The largest absolute Gasteiger partial charge is 0.303 e. The molecule has 1 nitrogen and oxygen atoms in total. The molecular weight excluding hydrogens is 184 g/mol. The molecule has 0 radical (unpaired) electrons. The van der Waals surface area contributed by atoms with E-state index in [0.29, 0.717) is 5.92 Å². The Morgan fingerprint density at radius 2 is 2.20 bits per heavy atom. The summed E-state index contributed by atoms with van der Waals surface area (Å²) in [6.45, 7) is 8.14. The first kappa shape index (κ1) is 10.9. The fourth-order valence-electron chi connectivity index (χ4n) is 3.96. The smallest absolute Gasteiger partial charge is 0.126 e. The Kier molecular flexibility index (Phi) is 2.74. The lowest BCUT2D eigenvalue weighted by Crippen LogP contribution is -2.33. The summed E-state index contributed by atoms with van der Waals surface area (Å²) in [6, 6.07) is 0. The van der Waals surface area contributed by atoms with Gasteiger partial charge in [-0.1, -0.05) is 18.9 Å². The van der Waals surface area contributed by atoms with Gasteiger partial charge in [0.05, 0.1) is 0 Å². The Hall–Kier alpha value is -0.590. The molecule has 0 aromatic rings. The van der Waals surface area contributed by atoms with Crippen molar-refractivity contribution in [3.8, 4) is 0 Å². The molecule has 2 saturated carbocycles. The van der Waals surface area contributed by atoms with Crippen molar-refractivity contribution in [3.63, 3.8) is 0 Å². The molecule has 0 heterocycles. The number of fused-ring (bicyclic) bond motifs is 2. The molecule has 0 spiro atoms. The monoisotopic (exact) mass is 206 g/mol. The van der Waals surface area contributed by atoms with Crippen LogP contribution in [0.15, 0.2) is 12.2 Å². The highest BCUT2D eigenvalue weighted by molar-refractivity contribution is 5.60. The molecule has 2 aliphatic carbocycles. The molecule has 2 bridgehead atoms. The Morgan fingerprint density at radius 3 is 2.60 bits per heavy atom. The molecule has 0 N–H and O–H groups in total. The first-order chi connectivity index (χ1) is 7.05. The second-order valence-electron chi connectivity index (χ2n) is 6.04. The normalized spacial score (nSPS) is 37.6. The molecule has 0 amide bonds. The molecule has 2 fully saturated rings. The minimum Gasteiger partial charge on any atom is -0.303 e.